The molecule has 2 aromatic carbocycles. The number of carboxylic acids is 1. The number of piperazine rings is 1. The number of nitro groups is 1. The number of aromatic carboxylic acids is 1. The summed E-state index contributed by atoms with van der Waals surface area (Å²) in [4.78, 5) is 37.8. The Balaban J connectivity index is 1.47. The number of aryl methyl sites for hydroxylation is 1. The third-order valence-electron chi connectivity index (χ3n) is 5.03. The molecule has 1 N–H and O–H groups in total. The number of hydrogen-bond acceptors (Lipinski definition) is 6. The van der Waals surface area contributed by atoms with Crippen LogP contribution in [0.25, 0.3) is 0 Å². The van der Waals surface area contributed by atoms with E-state index in [0.29, 0.717) is 37.5 Å². The normalized spacial score (nSPS) is 13.8. The number of carbonyl (C=O) groups is 2. The van der Waals surface area contributed by atoms with Gasteiger partial charge in [0.1, 0.15) is 5.75 Å². The van der Waals surface area contributed by atoms with Crippen LogP contribution < -0.4 is 9.64 Å². The second kappa shape index (κ2) is 9.25. The van der Waals surface area contributed by atoms with Gasteiger partial charge in [0, 0.05) is 44.0 Å². The topological polar surface area (TPSA) is 113 Å². The number of ether oxygens (including phenoxy) is 1. The van der Waals surface area contributed by atoms with Crippen LogP contribution in [-0.2, 0) is 4.79 Å². The highest BCUT2D eigenvalue weighted by Gasteiger charge is 2.22. The Morgan fingerprint density at radius 3 is 2.50 bits per heavy atom. The molecule has 0 atom stereocenters. The van der Waals surface area contributed by atoms with E-state index in [0.717, 1.165) is 5.69 Å². The van der Waals surface area contributed by atoms with Crippen molar-refractivity contribution in [2.45, 2.75) is 13.3 Å². The highest BCUT2D eigenvalue weighted by molar-refractivity contribution is 5.88. The fraction of sp³-hybridized carbons (Fsp3) is 0.333. The zero-order valence-electron chi connectivity index (χ0n) is 16.6. The zero-order valence-corrected chi connectivity index (χ0v) is 16.6. The van der Waals surface area contributed by atoms with Gasteiger partial charge in [-0.3, -0.25) is 14.9 Å². The van der Waals surface area contributed by atoms with Crippen LogP contribution in [0.2, 0.25) is 0 Å². The van der Waals surface area contributed by atoms with Gasteiger partial charge in [-0.25, -0.2) is 4.79 Å². The molecule has 158 valence electrons. The van der Waals surface area contributed by atoms with Crippen molar-refractivity contribution < 1.29 is 24.4 Å². The highest BCUT2D eigenvalue weighted by Crippen LogP contribution is 2.23. The van der Waals surface area contributed by atoms with Crippen LogP contribution in [0.5, 0.6) is 5.75 Å². The molecule has 0 spiro atoms. The lowest BCUT2D eigenvalue weighted by Gasteiger charge is -2.36. The van der Waals surface area contributed by atoms with Crippen LogP contribution in [0.4, 0.5) is 11.4 Å². The van der Waals surface area contributed by atoms with Gasteiger partial charge in [-0.05, 0) is 36.8 Å². The Hall–Kier alpha value is -3.62. The molecule has 0 radical (unpaired) electrons. The summed E-state index contributed by atoms with van der Waals surface area (Å²) in [7, 11) is 0. The van der Waals surface area contributed by atoms with Gasteiger partial charge in [-0.1, -0.05) is 6.07 Å². The molecule has 1 aliphatic rings. The first-order chi connectivity index (χ1) is 14.3. The maximum absolute atomic E-state index is 12.5. The molecule has 3 rings (SSSR count). The Kier molecular flexibility index (Phi) is 6.51. The van der Waals surface area contributed by atoms with Crippen LogP contribution in [-0.4, -0.2) is 59.6 Å². The summed E-state index contributed by atoms with van der Waals surface area (Å²) in [5, 5.41) is 19.9. The number of benzene rings is 2. The molecule has 0 aliphatic carbocycles. The summed E-state index contributed by atoms with van der Waals surface area (Å²) < 4.78 is 5.62. The average molecular weight is 413 g/mol. The lowest BCUT2D eigenvalue weighted by Crippen LogP contribution is -2.49. The molecule has 1 amide bonds. The van der Waals surface area contributed by atoms with Crippen molar-refractivity contribution in [1.82, 2.24) is 4.90 Å². The van der Waals surface area contributed by atoms with Crippen LogP contribution in [0.15, 0.2) is 42.5 Å². The fourth-order valence-electron chi connectivity index (χ4n) is 3.37. The summed E-state index contributed by atoms with van der Waals surface area (Å²) in [5.41, 5.74) is 1.72. The number of carboxylic acid groups (broad SMARTS) is 1. The second-order valence-electron chi connectivity index (χ2n) is 7.03. The number of anilines is 1. The number of non-ortho nitro benzene ring substituents is 1. The number of nitrogens with zero attached hydrogens (tertiary/aromatic N) is 3. The molecule has 9 heteroatoms. The van der Waals surface area contributed by atoms with Gasteiger partial charge in [0.15, 0.2) is 0 Å². The van der Waals surface area contributed by atoms with E-state index in [1.165, 1.54) is 12.1 Å². The van der Waals surface area contributed by atoms with Gasteiger partial charge < -0.3 is 19.6 Å². The predicted molar refractivity (Wildman–Crippen MR) is 110 cm³/mol. The lowest BCUT2D eigenvalue weighted by atomic mass is 10.1. The van der Waals surface area contributed by atoms with Crippen molar-refractivity contribution in [3.63, 3.8) is 0 Å². The minimum absolute atomic E-state index is 0.00249. The van der Waals surface area contributed by atoms with E-state index >= 15 is 0 Å². The quantitative estimate of drug-likeness (QED) is 0.548. The van der Waals surface area contributed by atoms with Gasteiger partial charge >= 0.3 is 5.97 Å². The van der Waals surface area contributed by atoms with Crippen molar-refractivity contribution in [3.05, 3.63) is 63.7 Å². The predicted octanol–water partition coefficient (Wildman–Crippen LogP) is 2.72. The summed E-state index contributed by atoms with van der Waals surface area (Å²) in [6.07, 6.45) is 0.213. The number of rotatable bonds is 7. The first-order valence-corrected chi connectivity index (χ1v) is 9.59. The number of amides is 1. The smallest absolute Gasteiger partial charge is 0.335 e. The number of hydrogen-bond donors (Lipinski definition) is 1. The van der Waals surface area contributed by atoms with Crippen LogP contribution in [0.3, 0.4) is 0 Å². The summed E-state index contributed by atoms with van der Waals surface area (Å²) in [5.74, 6) is -0.459. The Morgan fingerprint density at radius 1 is 1.13 bits per heavy atom. The van der Waals surface area contributed by atoms with E-state index < -0.39 is 10.9 Å². The number of carbonyl (C=O) groups excluding carboxylic acids is 1. The Labute approximate surface area is 173 Å². The van der Waals surface area contributed by atoms with Crippen LogP contribution >= 0.6 is 0 Å². The van der Waals surface area contributed by atoms with E-state index in [1.54, 1.807) is 36.1 Å². The van der Waals surface area contributed by atoms with E-state index in [4.69, 9.17) is 9.84 Å². The first kappa shape index (κ1) is 21.1. The minimum atomic E-state index is -0.964. The largest absolute Gasteiger partial charge is 0.493 e. The van der Waals surface area contributed by atoms with Crippen molar-refractivity contribution in [3.8, 4) is 5.75 Å². The maximum atomic E-state index is 12.5. The van der Waals surface area contributed by atoms with E-state index in [2.05, 4.69) is 4.90 Å². The summed E-state index contributed by atoms with van der Waals surface area (Å²) >= 11 is 0. The molecule has 1 saturated heterocycles. The first-order valence-electron chi connectivity index (χ1n) is 9.59. The highest BCUT2D eigenvalue weighted by atomic mass is 16.6. The second-order valence-corrected chi connectivity index (χ2v) is 7.03. The molecule has 2 aromatic rings. The number of nitro benzene ring substituents is 1. The Morgan fingerprint density at radius 2 is 1.87 bits per heavy atom. The van der Waals surface area contributed by atoms with Crippen molar-refractivity contribution in [2.75, 3.05) is 37.7 Å². The standard InChI is InChI=1S/C21H23N3O6/c1-15-13-18(24(28)29)5-6-19(15)30-12-7-20(25)23-10-8-22(9-11-23)17-4-2-3-16(14-17)21(26)27/h2-6,13-14H,7-12H2,1H3,(H,26,27). The molecular weight excluding hydrogens is 390 g/mol. The van der Waals surface area contributed by atoms with Gasteiger partial charge in [-0.15, -0.1) is 0 Å². The zero-order chi connectivity index (χ0) is 21.7. The molecule has 9 nitrogen and oxygen atoms in total. The van der Waals surface area contributed by atoms with Crippen molar-refractivity contribution >= 4 is 23.3 Å². The lowest BCUT2D eigenvalue weighted by molar-refractivity contribution is -0.384. The molecule has 1 fully saturated rings. The van der Waals surface area contributed by atoms with Gasteiger partial charge in [0.05, 0.1) is 23.5 Å². The summed E-state index contributed by atoms with van der Waals surface area (Å²) in [6, 6.07) is 11.1. The molecule has 0 bridgehead atoms. The monoisotopic (exact) mass is 413 g/mol. The third kappa shape index (κ3) is 5.05. The SMILES string of the molecule is Cc1cc([N+](=O)[O-])ccc1OCCC(=O)N1CCN(c2cccc(C(=O)O)c2)CC1. The van der Waals surface area contributed by atoms with E-state index in [9.17, 15) is 19.7 Å². The molecule has 1 aliphatic heterocycles. The van der Waals surface area contributed by atoms with Gasteiger partial charge in [0.25, 0.3) is 5.69 Å². The molecule has 0 aromatic heterocycles. The van der Waals surface area contributed by atoms with Crippen molar-refractivity contribution in [1.29, 1.82) is 0 Å². The van der Waals surface area contributed by atoms with Crippen molar-refractivity contribution in [2.24, 2.45) is 0 Å². The minimum Gasteiger partial charge on any atom is -0.493 e. The molecule has 30 heavy (non-hydrogen) atoms. The van der Waals surface area contributed by atoms with E-state index in [-0.39, 0.29) is 30.2 Å². The maximum Gasteiger partial charge on any atom is 0.335 e. The van der Waals surface area contributed by atoms with Gasteiger partial charge in [-0.2, -0.15) is 0 Å². The van der Waals surface area contributed by atoms with Gasteiger partial charge in [0.2, 0.25) is 5.91 Å². The molecule has 0 saturated carbocycles. The van der Waals surface area contributed by atoms with E-state index in [1.807, 2.05) is 6.07 Å². The fourth-order valence-corrected chi connectivity index (χ4v) is 3.37. The van der Waals surface area contributed by atoms with Crippen LogP contribution in [0, 0.1) is 17.0 Å². The summed E-state index contributed by atoms with van der Waals surface area (Å²) in [6.45, 7) is 4.26. The molecule has 1 heterocycles. The molecular formula is C21H23N3O6. The van der Waals surface area contributed by atoms with Crippen LogP contribution in [0.1, 0.15) is 22.3 Å². The molecule has 0 unspecified atom stereocenters. The Bertz CT molecular complexity index is 954. The third-order valence-corrected chi connectivity index (χ3v) is 5.03. The average Bonchev–Trinajstić information content (AvgIpc) is 2.74.